The highest BCUT2D eigenvalue weighted by Crippen LogP contribution is 2.40. The molecule has 0 radical (unpaired) electrons. The highest BCUT2D eigenvalue weighted by atomic mass is 16.5. The minimum absolute atomic E-state index is 0.0491. The zero-order valence-electron chi connectivity index (χ0n) is 19.4. The maximum absolute atomic E-state index is 12.8. The summed E-state index contributed by atoms with van der Waals surface area (Å²) in [6.07, 6.45) is 3.27. The van der Waals surface area contributed by atoms with Gasteiger partial charge in [0.15, 0.2) is 11.5 Å². The van der Waals surface area contributed by atoms with Crippen molar-refractivity contribution in [3.05, 3.63) is 18.5 Å². The number of ether oxygens (including phenoxy) is 3. The molecule has 2 heterocycles. The summed E-state index contributed by atoms with van der Waals surface area (Å²) in [7, 11) is 4.69. The summed E-state index contributed by atoms with van der Waals surface area (Å²) < 4.78 is 16.2. The molecule has 0 aliphatic carbocycles. The van der Waals surface area contributed by atoms with E-state index in [1.807, 2.05) is 18.7 Å². The summed E-state index contributed by atoms with van der Waals surface area (Å²) in [5.74, 6) is 2.65. The monoisotopic (exact) mass is 444 g/mol. The lowest BCUT2D eigenvalue weighted by atomic mass is 9.96. The van der Waals surface area contributed by atoms with Gasteiger partial charge in [0.2, 0.25) is 23.6 Å². The van der Waals surface area contributed by atoms with Crippen LogP contribution in [0, 0.1) is 5.92 Å². The highest BCUT2D eigenvalue weighted by molar-refractivity contribution is 5.79. The molecule has 1 amide bonds. The van der Waals surface area contributed by atoms with Crippen molar-refractivity contribution in [1.29, 1.82) is 0 Å². The Kier molecular flexibility index (Phi) is 7.91. The molecule has 10 nitrogen and oxygen atoms in total. The van der Waals surface area contributed by atoms with E-state index in [9.17, 15) is 4.79 Å². The average Bonchev–Trinajstić information content (AvgIpc) is 2.84. The predicted molar refractivity (Wildman–Crippen MR) is 122 cm³/mol. The van der Waals surface area contributed by atoms with E-state index in [0.29, 0.717) is 41.4 Å². The summed E-state index contributed by atoms with van der Waals surface area (Å²) in [5, 5.41) is 3.18. The van der Waals surface area contributed by atoms with E-state index in [1.165, 1.54) is 6.33 Å². The Morgan fingerprint density at radius 3 is 2.41 bits per heavy atom. The van der Waals surface area contributed by atoms with Crippen LogP contribution in [0.1, 0.15) is 26.7 Å². The van der Waals surface area contributed by atoms with Crippen LogP contribution in [0.2, 0.25) is 0 Å². The van der Waals surface area contributed by atoms with Crippen molar-refractivity contribution in [3.63, 3.8) is 0 Å². The fraction of sp³-hybridized carbons (Fsp3) is 0.545. The molecule has 1 atom stereocenters. The Bertz CT molecular complexity index is 896. The molecule has 10 heteroatoms. The molecule has 1 N–H and O–H groups in total. The molecule has 0 saturated carbocycles. The number of carbonyl (C=O) groups is 1. The van der Waals surface area contributed by atoms with Crippen molar-refractivity contribution in [2.24, 2.45) is 5.92 Å². The van der Waals surface area contributed by atoms with Crippen molar-refractivity contribution >= 4 is 23.5 Å². The van der Waals surface area contributed by atoms with Crippen molar-refractivity contribution in [2.45, 2.75) is 26.7 Å². The third-order valence-corrected chi connectivity index (χ3v) is 5.61. The first-order valence-electron chi connectivity index (χ1n) is 10.8. The van der Waals surface area contributed by atoms with Gasteiger partial charge in [0.25, 0.3) is 0 Å². The number of anilines is 3. The summed E-state index contributed by atoms with van der Waals surface area (Å²) >= 11 is 0. The number of methoxy groups -OCH3 is 3. The first-order chi connectivity index (χ1) is 15.5. The Hall–Kier alpha value is -3.30. The summed E-state index contributed by atoms with van der Waals surface area (Å²) in [5.41, 5.74) is 0.685. The van der Waals surface area contributed by atoms with E-state index in [4.69, 9.17) is 14.2 Å². The number of hydrogen-bond acceptors (Lipinski definition) is 9. The van der Waals surface area contributed by atoms with Gasteiger partial charge >= 0.3 is 0 Å². The van der Waals surface area contributed by atoms with Gasteiger partial charge in [-0.2, -0.15) is 4.98 Å². The summed E-state index contributed by atoms with van der Waals surface area (Å²) in [6.45, 7) is 6.86. The van der Waals surface area contributed by atoms with Gasteiger partial charge in [-0.15, -0.1) is 0 Å². The van der Waals surface area contributed by atoms with Crippen molar-refractivity contribution in [2.75, 3.05) is 57.7 Å². The van der Waals surface area contributed by atoms with Crippen LogP contribution in [0.4, 0.5) is 17.6 Å². The van der Waals surface area contributed by atoms with E-state index < -0.39 is 0 Å². The lowest BCUT2D eigenvalue weighted by Gasteiger charge is -2.34. The second-order valence-corrected chi connectivity index (χ2v) is 7.44. The standard InChI is InChI=1S/C22H32N6O4/c1-6-27(7-2)20(29)15-9-8-10-28(13-15)22-24-14-23-21(26-22)25-16-11-17(30-3)19(32-5)18(12-16)31-4/h11-12,14-15H,6-10,13H2,1-5H3,(H,23,24,25,26). The second kappa shape index (κ2) is 10.8. The van der Waals surface area contributed by atoms with Gasteiger partial charge < -0.3 is 29.3 Å². The van der Waals surface area contributed by atoms with Crippen molar-refractivity contribution < 1.29 is 19.0 Å². The SMILES string of the molecule is CCN(CC)C(=O)C1CCCN(c2ncnc(Nc3cc(OC)c(OC)c(OC)c3)n2)C1. The number of nitrogens with one attached hydrogen (secondary N) is 1. The molecule has 0 spiro atoms. The molecule has 1 aliphatic heterocycles. The first kappa shape index (κ1) is 23.4. The first-order valence-corrected chi connectivity index (χ1v) is 10.8. The quantitative estimate of drug-likeness (QED) is 0.625. The van der Waals surface area contributed by atoms with Gasteiger partial charge in [-0.05, 0) is 26.7 Å². The van der Waals surface area contributed by atoms with Crippen LogP contribution in [0.5, 0.6) is 17.2 Å². The summed E-state index contributed by atoms with van der Waals surface area (Å²) in [4.78, 5) is 29.9. The number of rotatable bonds is 9. The zero-order valence-corrected chi connectivity index (χ0v) is 19.4. The molecule has 1 fully saturated rings. The molecule has 1 saturated heterocycles. The largest absolute Gasteiger partial charge is 0.493 e. The number of benzene rings is 1. The van der Waals surface area contributed by atoms with Crippen LogP contribution in [0.3, 0.4) is 0 Å². The number of aromatic nitrogens is 3. The molecule has 3 rings (SSSR count). The number of piperidine rings is 1. The fourth-order valence-electron chi connectivity index (χ4n) is 3.94. The van der Waals surface area contributed by atoms with Gasteiger partial charge in [-0.1, -0.05) is 0 Å². The molecule has 0 bridgehead atoms. The molecular formula is C22H32N6O4. The maximum Gasteiger partial charge on any atom is 0.232 e. The van der Waals surface area contributed by atoms with Crippen LogP contribution < -0.4 is 24.4 Å². The van der Waals surface area contributed by atoms with E-state index in [2.05, 4.69) is 25.2 Å². The molecule has 1 unspecified atom stereocenters. The smallest absolute Gasteiger partial charge is 0.232 e. The van der Waals surface area contributed by atoms with Gasteiger partial charge in [0.1, 0.15) is 6.33 Å². The van der Waals surface area contributed by atoms with Gasteiger partial charge in [0, 0.05) is 44.0 Å². The van der Waals surface area contributed by atoms with Crippen LogP contribution in [-0.2, 0) is 4.79 Å². The van der Waals surface area contributed by atoms with Crippen LogP contribution in [0.15, 0.2) is 18.5 Å². The normalized spacial score (nSPS) is 15.8. The molecule has 1 aromatic heterocycles. The molecular weight excluding hydrogens is 412 g/mol. The minimum atomic E-state index is -0.0491. The topological polar surface area (TPSA) is 102 Å². The van der Waals surface area contributed by atoms with Gasteiger partial charge in [0.05, 0.1) is 27.2 Å². The minimum Gasteiger partial charge on any atom is -0.493 e. The second-order valence-electron chi connectivity index (χ2n) is 7.44. The number of nitrogens with zero attached hydrogens (tertiary/aromatic N) is 5. The lowest BCUT2D eigenvalue weighted by molar-refractivity contribution is -0.135. The lowest BCUT2D eigenvalue weighted by Crippen LogP contribution is -2.45. The fourth-order valence-corrected chi connectivity index (χ4v) is 3.94. The molecule has 2 aromatic rings. The molecule has 1 aliphatic rings. The number of hydrogen-bond donors (Lipinski definition) is 1. The third-order valence-electron chi connectivity index (χ3n) is 5.61. The Labute approximate surface area is 188 Å². The van der Waals surface area contributed by atoms with E-state index in [1.54, 1.807) is 33.5 Å². The maximum atomic E-state index is 12.8. The van der Waals surface area contributed by atoms with Gasteiger partial charge in [-0.25, -0.2) is 9.97 Å². The van der Waals surface area contributed by atoms with Crippen molar-refractivity contribution in [3.8, 4) is 17.2 Å². The van der Waals surface area contributed by atoms with E-state index in [-0.39, 0.29) is 11.8 Å². The highest BCUT2D eigenvalue weighted by Gasteiger charge is 2.29. The van der Waals surface area contributed by atoms with E-state index in [0.717, 1.165) is 32.5 Å². The summed E-state index contributed by atoms with van der Waals surface area (Å²) in [6, 6.07) is 3.56. The Morgan fingerprint density at radius 1 is 1.12 bits per heavy atom. The van der Waals surface area contributed by atoms with Crippen LogP contribution in [0.25, 0.3) is 0 Å². The molecule has 174 valence electrons. The molecule has 1 aromatic carbocycles. The van der Waals surface area contributed by atoms with Gasteiger partial charge in [-0.3, -0.25) is 4.79 Å². The Morgan fingerprint density at radius 2 is 1.81 bits per heavy atom. The zero-order chi connectivity index (χ0) is 23.1. The van der Waals surface area contributed by atoms with Crippen LogP contribution in [-0.4, -0.2) is 73.3 Å². The predicted octanol–water partition coefficient (Wildman–Crippen LogP) is 2.73. The van der Waals surface area contributed by atoms with Crippen molar-refractivity contribution in [1.82, 2.24) is 19.9 Å². The van der Waals surface area contributed by atoms with E-state index >= 15 is 0 Å². The van der Waals surface area contributed by atoms with Crippen LogP contribution >= 0.6 is 0 Å². The molecule has 32 heavy (non-hydrogen) atoms. The number of amides is 1. The number of carbonyl (C=O) groups excluding carboxylic acids is 1. The Balaban J connectivity index is 1.78. The average molecular weight is 445 g/mol. The third kappa shape index (κ3) is 5.12.